The van der Waals surface area contributed by atoms with Gasteiger partial charge in [-0.2, -0.15) is 11.8 Å². The van der Waals surface area contributed by atoms with Crippen LogP contribution in [-0.4, -0.2) is 24.0 Å². The summed E-state index contributed by atoms with van der Waals surface area (Å²) in [6.07, 6.45) is 4.16. The monoisotopic (exact) mass is 175 g/mol. The van der Waals surface area contributed by atoms with E-state index in [1.165, 1.54) is 0 Å². The number of hydrogen-bond donors (Lipinski definition) is 1. The van der Waals surface area contributed by atoms with E-state index in [2.05, 4.69) is 12.2 Å². The molecule has 0 heterocycles. The lowest BCUT2D eigenvalue weighted by Crippen LogP contribution is -2.31. The Labute approximate surface area is 73.1 Å². The second-order valence-electron chi connectivity index (χ2n) is 2.52. The molecule has 0 rings (SSSR count). The van der Waals surface area contributed by atoms with Crippen molar-refractivity contribution in [2.75, 3.05) is 12.8 Å². The predicted molar refractivity (Wildman–Crippen MR) is 50.9 cm³/mol. The quantitative estimate of drug-likeness (QED) is 0.644. The molecule has 66 valence electrons. The zero-order valence-corrected chi connectivity index (χ0v) is 8.33. The highest BCUT2D eigenvalue weighted by Crippen LogP contribution is 2.03. The summed E-state index contributed by atoms with van der Waals surface area (Å²) in [6.45, 7) is 4.86. The smallest absolute Gasteiger partial charge is 0.232 e. The Bertz CT molecular complexity index is 117. The summed E-state index contributed by atoms with van der Waals surface area (Å²) >= 11 is 1.58. The Morgan fingerprint density at radius 1 is 1.64 bits per heavy atom. The third kappa shape index (κ3) is 5.13. The van der Waals surface area contributed by atoms with Crippen molar-refractivity contribution in [2.24, 2.45) is 0 Å². The topological polar surface area (TPSA) is 29.1 Å². The lowest BCUT2D eigenvalue weighted by atomic mass is 10.3. The zero-order valence-electron chi connectivity index (χ0n) is 7.52. The second kappa shape index (κ2) is 6.53. The van der Waals surface area contributed by atoms with Crippen LogP contribution in [0, 0.1) is 0 Å². The van der Waals surface area contributed by atoms with Crippen LogP contribution in [0.25, 0.3) is 0 Å². The summed E-state index contributed by atoms with van der Waals surface area (Å²) in [5.74, 6) is 0.158. The van der Waals surface area contributed by atoms with Gasteiger partial charge < -0.3 is 5.32 Å². The number of amides is 1. The lowest BCUT2D eigenvalue weighted by Gasteiger charge is -2.08. The number of carbonyl (C=O) groups is 1. The summed E-state index contributed by atoms with van der Waals surface area (Å²) in [6, 6.07) is 0. The zero-order chi connectivity index (χ0) is 8.69. The Morgan fingerprint density at radius 3 is 2.73 bits per heavy atom. The van der Waals surface area contributed by atoms with Crippen molar-refractivity contribution >= 4 is 17.7 Å². The molecule has 0 bridgehead atoms. The van der Waals surface area contributed by atoms with Crippen LogP contribution in [0.5, 0.6) is 0 Å². The molecule has 0 saturated heterocycles. The molecule has 0 aromatic rings. The van der Waals surface area contributed by atoms with E-state index >= 15 is 0 Å². The van der Waals surface area contributed by atoms with Crippen LogP contribution in [0.2, 0.25) is 0 Å². The minimum atomic E-state index is 0.0897. The molecule has 0 aliphatic heterocycles. The normalized spacial score (nSPS) is 12.6. The predicted octanol–water partition coefficient (Wildman–Crippen LogP) is 1.65. The molecule has 0 saturated carbocycles. The van der Waals surface area contributed by atoms with Gasteiger partial charge in [0.05, 0.1) is 5.25 Å². The third-order valence-electron chi connectivity index (χ3n) is 1.55. The highest BCUT2D eigenvalue weighted by molar-refractivity contribution is 7.99. The van der Waals surface area contributed by atoms with Crippen LogP contribution in [0.3, 0.4) is 0 Å². The van der Waals surface area contributed by atoms with Gasteiger partial charge in [-0.1, -0.05) is 13.3 Å². The van der Waals surface area contributed by atoms with Gasteiger partial charge >= 0.3 is 0 Å². The molecular weight excluding hydrogens is 158 g/mol. The van der Waals surface area contributed by atoms with E-state index in [1.807, 2.05) is 13.2 Å². The molecular formula is C8H17NOS. The number of unbranched alkanes of at least 4 members (excludes halogenated alkanes) is 1. The van der Waals surface area contributed by atoms with Gasteiger partial charge in [-0.15, -0.1) is 0 Å². The van der Waals surface area contributed by atoms with E-state index in [0.29, 0.717) is 0 Å². The Hall–Kier alpha value is -0.180. The SMILES string of the molecule is CCCCNC(=O)C(C)SC. The van der Waals surface area contributed by atoms with Crippen molar-refractivity contribution in [1.29, 1.82) is 0 Å². The van der Waals surface area contributed by atoms with Crippen molar-refractivity contribution in [3.63, 3.8) is 0 Å². The van der Waals surface area contributed by atoms with E-state index in [-0.39, 0.29) is 11.2 Å². The van der Waals surface area contributed by atoms with Gasteiger partial charge in [0.2, 0.25) is 5.91 Å². The fourth-order valence-electron chi connectivity index (χ4n) is 0.639. The van der Waals surface area contributed by atoms with Crippen LogP contribution in [0.4, 0.5) is 0 Å². The minimum Gasteiger partial charge on any atom is -0.355 e. The van der Waals surface area contributed by atoms with Crippen LogP contribution in [0.15, 0.2) is 0 Å². The summed E-state index contributed by atoms with van der Waals surface area (Å²) in [5.41, 5.74) is 0. The van der Waals surface area contributed by atoms with Gasteiger partial charge in [0, 0.05) is 6.54 Å². The number of hydrogen-bond acceptors (Lipinski definition) is 2. The molecule has 0 aliphatic rings. The molecule has 0 aromatic carbocycles. The van der Waals surface area contributed by atoms with Crippen LogP contribution in [0.1, 0.15) is 26.7 Å². The van der Waals surface area contributed by atoms with Crippen LogP contribution in [-0.2, 0) is 4.79 Å². The number of nitrogens with one attached hydrogen (secondary N) is 1. The maximum Gasteiger partial charge on any atom is 0.232 e. The molecule has 11 heavy (non-hydrogen) atoms. The molecule has 0 spiro atoms. The van der Waals surface area contributed by atoms with Crippen molar-refractivity contribution < 1.29 is 4.79 Å². The molecule has 1 amide bonds. The van der Waals surface area contributed by atoms with E-state index in [1.54, 1.807) is 11.8 Å². The number of rotatable bonds is 5. The molecule has 0 radical (unpaired) electrons. The third-order valence-corrected chi connectivity index (χ3v) is 2.47. The Kier molecular flexibility index (Phi) is 6.42. The van der Waals surface area contributed by atoms with Gasteiger partial charge in [0.15, 0.2) is 0 Å². The second-order valence-corrected chi connectivity index (χ2v) is 3.70. The average Bonchev–Trinajstić information content (AvgIpc) is 2.03. The summed E-state index contributed by atoms with van der Waals surface area (Å²) in [7, 11) is 0. The van der Waals surface area contributed by atoms with E-state index in [4.69, 9.17) is 0 Å². The van der Waals surface area contributed by atoms with Gasteiger partial charge in [-0.3, -0.25) is 4.79 Å². The van der Waals surface area contributed by atoms with E-state index in [9.17, 15) is 4.79 Å². The highest BCUT2D eigenvalue weighted by atomic mass is 32.2. The van der Waals surface area contributed by atoms with Gasteiger partial charge in [0.1, 0.15) is 0 Å². The van der Waals surface area contributed by atoms with Gasteiger partial charge in [-0.25, -0.2) is 0 Å². The highest BCUT2D eigenvalue weighted by Gasteiger charge is 2.08. The molecule has 3 heteroatoms. The Morgan fingerprint density at radius 2 is 2.27 bits per heavy atom. The number of carbonyl (C=O) groups excluding carboxylic acids is 1. The van der Waals surface area contributed by atoms with E-state index < -0.39 is 0 Å². The van der Waals surface area contributed by atoms with Crippen LogP contribution < -0.4 is 5.32 Å². The number of thioether (sulfide) groups is 1. The molecule has 1 atom stereocenters. The molecule has 0 aromatic heterocycles. The molecule has 0 aliphatic carbocycles. The Balaban J connectivity index is 3.36. The van der Waals surface area contributed by atoms with Gasteiger partial charge in [-0.05, 0) is 19.6 Å². The lowest BCUT2D eigenvalue weighted by molar-refractivity contribution is -0.120. The molecule has 0 fully saturated rings. The molecule has 1 unspecified atom stereocenters. The average molecular weight is 175 g/mol. The van der Waals surface area contributed by atoms with Crippen molar-refractivity contribution in [1.82, 2.24) is 5.32 Å². The molecule has 2 nitrogen and oxygen atoms in total. The van der Waals surface area contributed by atoms with Crippen molar-refractivity contribution in [3.8, 4) is 0 Å². The largest absolute Gasteiger partial charge is 0.355 e. The maximum atomic E-state index is 11.1. The summed E-state index contributed by atoms with van der Waals surface area (Å²) < 4.78 is 0. The first-order valence-electron chi connectivity index (χ1n) is 4.02. The first-order valence-corrected chi connectivity index (χ1v) is 5.31. The van der Waals surface area contributed by atoms with Crippen molar-refractivity contribution in [3.05, 3.63) is 0 Å². The standard InChI is InChI=1S/C8H17NOS/c1-4-5-6-9-8(10)7(2)11-3/h7H,4-6H2,1-3H3,(H,9,10). The summed E-state index contributed by atoms with van der Waals surface area (Å²) in [4.78, 5) is 11.1. The van der Waals surface area contributed by atoms with E-state index in [0.717, 1.165) is 19.4 Å². The molecule has 1 N–H and O–H groups in total. The summed E-state index contributed by atoms with van der Waals surface area (Å²) in [5, 5.41) is 2.96. The fraction of sp³-hybridized carbons (Fsp3) is 0.875. The fourth-order valence-corrected chi connectivity index (χ4v) is 0.937. The van der Waals surface area contributed by atoms with Gasteiger partial charge in [0.25, 0.3) is 0 Å². The maximum absolute atomic E-state index is 11.1. The minimum absolute atomic E-state index is 0.0897. The first kappa shape index (κ1) is 10.8. The van der Waals surface area contributed by atoms with Crippen molar-refractivity contribution in [2.45, 2.75) is 31.9 Å². The van der Waals surface area contributed by atoms with Crippen LogP contribution >= 0.6 is 11.8 Å². The first-order chi connectivity index (χ1) is 5.22.